The third-order valence-electron chi connectivity index (χ3n) is 3.87. The largest absolute Gasteiger partial charge is 0.355 e. The molecule has 1 N–H and O–H groups in total. The van der Waals surface area contributed by atoms with Crippen molar-refractivity contribution in [2.45, 2.75) is 19.8 Å². The number of nitrogens with one attached hydrogen (secondary N) is 1. The second kappa shape index (κ2) is 8.03. The molecular weight excluding hydrogens is 335 g/mol. The van der Waals surface area contributed by atoms with Gasteiger partial charge in [0.15, 0.2) is 0 Å². The number of aryl methyl sites for hydroxylation is 1. The number of hydrogen-bond donors (Lipinski definition) is 1. The van der Waals surface area contributed by atoms with Gasteiger partial charge in [0.05, 0.1) is 12.1 Å². The Hall–Kier alpha value is -2.53. The van der Waals surface area contributed by atoms with E-state index in [1.807, 2.05) is 36.6 Å². The molecule has 0 spiro atoms. The van der Waals surface area contributed by atoms with Crippen molar-refractivity contribution in [3.05, 3.63) is 76.5 Å². The number of carbonyl (C=O) groups excluding carboxylic acids is 1. The first kappa shape index (κ1) is 17.3. The highest BCUT2D eigenvalue weighted by molar-refractivity contribution is 7.13. The summed E-state index contributed by atoms with van der Waals surface area (Å²) in [6.07, 6.45) is 0.712. The third kappa shape index (κ3) is 4.73. The molecule has 0 saturated carbocycles. The minimum absolute atomic E-state index is 0.0999. The molecule has 5 heteroatoms. The molecule has 1 aromatic heterocycles. The van der Waals surface area contributed by atoms with E-state index in [-0.39, 0.29) is 18.1 Å². The summed E-state index contributed by atoms with van der Waals surface area (Å²) in [7, 11) is 0. The van der Waals surface area contributed by atoms with E-state index in [1.54, 1.807) is 18.2 Å². The maximum Gasteiger partial charge on any atom is 0.226 e. The van der Waals surface area contributed by atoms with Crippen LogP contribution in [0.25, 0.3) is 10.6 Å². The van der Waals surface area contributed by atoms with Crippen LogP contribution in [-0.4, -0.2) is 17.4 Å². The Balaban J connectivity index is 1.51. The summed E-state index contributed by atoms with van der Waals surface area (Å²) >= 11 is 1.53. The van der Waals surface area contributed by atoms with Gasteiger partial charge >= 0.3 is 0 Å². The van der Waals surface area contributed by atoms with Gasteiger partial charge in [-0.1, -0.05) is 48.0 Å². The van der Waals surface area contributed by atoms with Crippen LogP contribution >= 0.6 is 11.3 Å². The molecule has 0 atom stereocenters. The average molecular weight is 354 g/mol. The molecule has 1 amide bonds. The number of nitrogens with zero attached hydrogens (tertiary/aromatic N) is 1. The standard InChI is InChI=1S/C20H19FN2OS/c1-14-6-8-16(9-7-14)20-23-17(13-25-20)12-19(24)22-11-10-15-4-2-3-5-18(15)21/h2-9,13H,10-12H2,1H3,(H,22,24). The van der Waals surface area contributed by atoms with Crippen LogP contribution in [0.15, 0.2) is 53.9 Å². The first-order valence-electron chi connectivity index (χ1n) is 8.13. The number of carbonyl (C=O) groups is 1. The van der Waals surface area contributed by atoms with Crippen LogP contribution in [0.5, 0.6) is 0 Å². The Morgan fingerprint density at radius 2 is 1.92 bits per heavy atom. The normalized spacial score (nSPS) is 10.6. The van der Waals surface area contributed by atoms with Gasteiger partial charge < -0.3 is 5.32 Å². The van der Waals surface area contributed by atoms with Crippen molar-refractivity contribution in [2.24, 2.45) is 0 Å². The zero-order valence-electron chi connectivity index (χ0n) is 14.0. The summed E-state index contributed by atoms with van der Waals surface area (Å²) < 4.78 is 13.5. The SMILES string of the molecule is Cc1ccc(-c2nc(CC(=O)NCCc3ccccc3F)cs2)cc1. The summed E-state index contributed by atoms with van der Waals surface area (Å²) in [5, 5.41) is 5.64. The molecule has 1 heterocycles. The van der Waals surface area contributed by atoms with Gasteiger partial charge in [0.25, 0.3) is 0 Å². The third-order valence-corrected chi connectivity index (χ3v) is 4.81. The minimum Gasteiger partial charge on any atom is -0.355 e. The highest BCUT2D eigenvalue weighted by atomic mass is 32.1. The monoisotopic (exact) mass is 354 g/mol. The van der Waals surface area contributed by atoms with Gasteiger partial charge in [0.2, 0.25) is 5.91 Å². The molecule has 2 aromatic carbocycles. The fourth-order valence-corrected chi connectivity index (χ4v) is 3.31. The molecule has 0 unspecified atom stereocenters. The van der Waals surface area contributed by atoms with Crippen LogP contribution in [-0.2, 0) is 17.6 Å². The predicted octanol–water partition coefficient (Wildman–Crippen LogP) is 4.16. The summed E-state index contributed by atoms with van der Waals surface area (Å²) in [5.41, 5.74) is 3.62. The van der Waals surface area contributed by atoms with Gasteiger partial charge in [0.1, 0.15) is 10.8 Å². The van der Waals surface area contributed by atoms with Crippen LogP contribution in [0.3, 0.4) is 0 Å². The van der Waals surface area contributed by atoms with Gasteiger partial charge in [-0.15, -0.1) is 11.3 Å². The maximum atomic E-state index is 13.5. The first-order valence-corrected chi connectivity index (χ1v) is 9.01. The van der Waals surface area contributed by atoms with E-state index in [0.717, 1.165) is 16.3 Å². The molecule has 0 aliphatic carbocycles. The molecule has 128 valence electrons. The Morgan fingerprint density at radius 1 is 1.16 bits per heavy atom. The van der Waals surface area contributed by atoms with Gasteiger partial charge in [-0.2, -0.15) is 0 Å². The van der Waals surface area contributed by atoms with Gasteiger partial charge in [0, 0.05) is 17.5 Å². The van der Waals surface area contributed by atoms with Crippen LogP contribution in [0.2, 0.25) is 0 Å². The zero-order valence-corrected chi connectivity index (χ0v) is 14.8. The number of halogens is 1. The Kier molecular flexibility index (Phi) is 5.56. The summed E-state index contributed by atoms with van der Waals surface area (Å²) in [4.78, 5) is 16.6. The van der Waals surface area contributed by atoms with Crippen LogP contribution in [0.1, 0.15) is 16.8 Å². The summed E-state index contributed by atoms with van der Waals surface area (Å²) in [6, 6.07) is 14.8. The maximum absolute atomic E-state index is 13.5. The second-order valence-corrected chi connectivity index (χ2v) is 6.74. The number of aromatic nitrogens is 1. The van der Waals surface area contributed by atoms with E-state index in [9.17, 15) is 9.18 Å². The molecule has 0 bridgehead atoms. The van der Waals surface area contributed by atoms with Crippen LogP contribution < -0.4 is 5.32 Å². The van der Waals surface area contributed by atoms with Crippen molar-refractivity contribution in [1.29, 1.82) is 0 Å². The van der Waals surface area contributed by atoms with Gasteiger partial charge in [-0.25, -0.2) is 9.37 Å². The van der Waals surface area contributed by atoms with Crippen molar-refractivity contribution in [2.75, 3.05) is 6.54 Å². The van der Waals surface area contributed by atoms with E-state index in [4.69, 9.17) is 0 Å². The Bertz CT molecular complexity index is 858. The Labute approximate surface area is 150 Å². The average Bonchev–Trinajstić information content (AvgIpc) is 3.05. The molecule has 3 rings (SSSR count). The molecule has 3 aromatic rings. The lowest BCUT2D eigenvalue weighted by molar-refractivity contribution is -0.120. The second-order valence-electron chi connectivity index (χ2n) is 5.88. The Morgan fingerprint density at radius 3 is 2.68 bits per heavy atom. The van der Waals surface area contributed by atoms with Crippen LogP contribution in [0.4, 0.5) is 4.39 Å². The van der Waals surface area contributed by atoms with Gasteiger partial charge in [-0.3, -0.25) is 4.79 Å². The molecule has 0 fully saturated rings. The number of rotatable bonds is 6. The summed E-state index contributed by atoms with van der Waals surface area (Å²) in [5.74, 6) is -0.337. The molecular formula is C20H19FN2OS. The van der Waals surface area contributed by atoms with E-state index in [1.165, 1.54) is 23.0 Å². The van der Waals surface area contributed by atoms with Gasteiger partial charge in [-0.05, 0) is 25.0 Å². The number of thiazole rings is 1. The van der Waals surface area contributed by atoms with Crippen molar-refractivity contribution in [3.63, 3.8) is 0 Å². The molecule has 3 nitrogen and oxygen atoms in total. The molecule has 0 aliphatic rings. The van der Waals surface area contributed by atoms with E-state index in [2.05, 4.69) is 10.3 Å². The lowest BCUT2D eigenvalue weighted by Gasteiger charge is -2.05. The van der Waals surface area contributed by atoms with Crippen molar-refractivity contribution in [3.8, 4) is 10.6 Å². The van der Waals surface area contributed by atoms with E-state index >= 15 is 0 Å². The zero-order chi connectivity index (χ0) is 17.6. The molecule has 0 radical (unpaired) electrons. The molecule has 25 heavy (non-hydrogen) atoms. The lowest BCUT2D eigenvalue weighted by Crippen LogP contribution is -2.27. The highest BCUT2D eigenvalue weighted by Crippen LogP contribution is 2.24. The number of hydrogen-bond acceptors (Lipinski definition) is 3. The summed E-state index contributed by atoms with van der Waals surface area (Å²) in [6.45, 7) is 2.46. The topological polar surface area (TPSA) is 42.0 Å². The van der Waals surface area contributed by atoms with Crippen molar-refractivity contribution in [1.82, 2.24) is 10.3 Å². The highest BCUT2D eigenvalue weighted by Gasteiger charge is 2.09. The smallest absolute Gasteiger partial charge is 0.226 e. The number of amides is 1. The number of benzene rings is 2. The molecule has 0 saturated heterocycles. The fraction of sp³-hybridized carbons (Fsp3) is 0.200. The van der Waals surface area contributed by atoms with E-state index in [0.29, 0.717) is 18.5 Å². The minimum atomic E-state index is -0.237. The predicted molar refractivity (Wildman–Crippen MR) is 99.1 cm³/mol. The van der Waals surface area contributed by atoms with E-state index < -0.39 is 0 Å². The molecule has 0 aliphatic heterocycles. The lowest BCUT2D eigenvalue weighted by atomic mass is 10.1. The fourth-order valence-electron chi connectivity index (χ4n) is 2.48. The van der Waals surface area contributed by atoms with Crippen molar-refractivity contribution < 1.29 is 9.18 Å². The van der Waals surface area contributed by atoms with Crippen LogP contribution in [0, 0.1) is 12.7 Å². The quantitative estimate of drug-likeness (QED) is 0.722. The first-order chi connectivity index (χ1) is 12.1. The van der Waals surface area contributed by atoms with Crippen molar-refractivity contribution >= 4 is 17.2 Å².